The van der Waals surface area contributed by atoms with Gasteiger partial charge in [-0.25, -0.2) is 0 Å². The minimum atomic E-state index is -1.66. The van der Waals surface area contributed by atoms with Crippen molar-refractivity contribution in [2.24, 2.45) is 0 Å². The summed E-state index contributed by atoms with van der Waals surface area (Å²) in [5.74, 6) is 0. The fourth-order valence-corrected chi connectivity index (χ4v) is 0. The van der Waals surface area contributed by atoms with Crippen LogP contribution < -0.4 is 0 Å². The maximum atomic E-state index is 8.06. The number of halogens is 3. The van der Waals surface area contributed by atoms with Crippen molar-refractivity contribution < 1.29 is 17.5 Å². The Bertz CT molecular complexity index is 22.0. The first-order valence-electron chi connectivity index (χ1n) is 0.582. The molecule has 0 amide bonds. The van der Waals surface area contributed by atoms with E-state index in [0.717, 1.165) is 0 Å². The average molecular weight is 257 g/mol. The second-order valence-electron chi connectivity index (χ2n) is 0.143. The molecule has 0 radical (unpaired) electrons. The van der Waals surface area contributed by atoms with Crippen LogP contribution in [0.2, 0.25) is 0 Å². The van der Waals surface area contributed by atoms with E-state index < -0.39 is 13.0 Å². The summed E-state index contributed by atoms with van der Waals surface area (Å²) < 4.78 is 8.06. The molecule has 0 heterocycles. The predicted molar refractivity (Wildman–Crippen MR) is 26.6 cm³/mol. The summed E-state index contributed by atoms with van der Waals surface area (Å²) in [5, 5.41) is 0. The summed E-state index contributed by atoms with van der Waals surface area (Å²) in [6.07, 6.45) is 0. The van der Waals surface area contributed by atoms with Crippen LogP contribution in [0.4, 0.5) is 0 Å². The number of hydrogen-bond donors (Lipinski definition) is 0. The molecule has 0 fully saturated rings. The predicted octanol–water partition coefficient (Wildman–Crippen LogP) is 2.54. The molecule has 0 aliphatic carbocycles. The molecule has 0 aromatic rings. The van der Waals surface area contributed by atoms with Crippen molar-refractivity contribution >= 4 is 38.2 Å². The van der Waals surface area contributed by atoms with Gasteiger partial charge in [0.25, 0.3) is 0 Å². The van der Waals surface area contributed by atoms with E-state index in [4.69, 9.17) is 33.6 Å². The van der Waals surface area contributed by atoms with E-state index in [2.05, 4.69) is 0 Å². The van der Waals surface area contributed by atoms with Gasteiger partial charge in [-0.2, -0.15) is 0 Å². The molecule has 42 valence electrons. The fourth-order valence-electron chi connectivity index (χ4n) is 0. The third-order valence-electron chi connectivity index (χ3n) is 0. The zero-order chi connectivity index (χ0) is 5.58. The van der Waals surface area contributed by atoms with Crippen molar-refractivity contribution in [3.63, 3.8) is 0 Å². The summed E-state index contributed by atoms with van der Waals surface area (Å²) in [5.41, 5.74) is 0. The normalized spacial score (nSPS) is 8.17. The molecule has 0 aliphatic heterocycles. The SMILES string of the molecule is O=P.[Cl][Rh]([Cl])[Cl]. The van der Waals surface area contributed by atoms with Crippen molar-refractivity contribution in [3.05, 3.63) is 0 Å². The minimum absolute atomic E-state index is 1.66. The van der Waals surface area contributed by atoms with Crippen molar-refractivity contribution in [1.82, 2.24) is 0 Å². The summed E-state index contributed by atoms with van der Waals surface area (Å²) in [7, 11) is 16.5. The number of hydrogen-bond acceptors (Lipinski definition) is 1. The second-order valence-corrected chi connectivity index (χ2v) is 7.61. The van der Waals surface area contributed by atoms with Crippen LogP contribution in [0.5, 0.6) is 0 Å². The van der Waals surface area contributed by atoms with E-state index in [-0.39, 0.29) is 0 Å². The Balaban J connectivity index is 0. The van der Waals surface area contributed by atoms with Crippen LogP contribution in [0.3, 0.4) is 0 Å². The molecule has 0 spiro atoms. The second kappa shape index (κ2) is 9.78. The summed E-state index contributed by atoms with van der Waals surface area (Å²) >= 11 is -1.66. The van der Waals surface area contributed by atoms with Gasteiger partial charge in [0.15, 0.2) is 0 Å². The molecule has 0 bridgehead atoms. The molecule has 0 N–H and O–H groups in total. The van der Waals surface area contributed by atoms with Crippen LogP contribution in [0.1, 0.15) is 0 Å². The molecule has 0 aromatic heterocycles. The van der Waals surface area contributed by atoms with Gasteiger partial charge in [-0.05, 0) is 0 Å². The van der Waals surface area contributed by atoms with E-state index in [9.17, 15) is 0 Å². The van der Waals surface area contributed by atoms with Crippen LogP contribution in [-0.4, -0.2) is 0 Å². The standard InChI is InChI=1S/3ClH.HOP.Rh/c;;;1-2;/h3*1H;2H;/q;;;;+3/p-3. The summed E-state index contributed by atoms with van der Waals surface area (Å²) in [4.78, 5) is 0. The van der Waals surface area contributed by atoms with E-state index >= 15 is 0 Å². The van der Waals surface area contributed by atoms with Gasteiger partial charge in [-0.15, -0.1) is 0 Å². The van der Waals surface area contributed by atoms with Gasteiger partial charge in [0.2, 0.25) is 0 Å². The van der Waals surface area contributed by atoms with Crippen molar-refractivity contribution in [2.75, 3.05) is 0 Å². The Morgan fingerprint density at radius 2 is 1.17 bits per heavy atom. The number of rotatable bonds is 0. The van der Waals surface area contributed by atoms with E-state index in [1.165, 1.54) is 0 Å². The Morgan fingerprint density at radius 1 is 1.17 bits per heavy atom. The Labute approximate surface area is 55.6 Å². The molecule has 1 nitrogen and oxygen atoms in total. The molecule has 0 saturated carbocycles. The molecule has 0 aromatic carbocycles. The van der Waals surface area contributed by atoms with Crippen LogP contribution in [0.15, 0.2) is 0 Å². The molecule has 0 atom stereocenters. The molecule has 0 aliphatic rings. The summed E-state index contributed by atoms with van der Waals surface area (Å²) in [6, 6.07) is 0. The Kier molecular flexibility index (Phi) is 17.2. The monoisotopic (exact) mass is 256 g/mol. The molecule has 0 saturated heterocycles. The van der Waals surface area contributed by atoms with Crippen molar-refractivity contribution in [3.8, 4) is 0 Å². The van der Waals surface area contributed by atoms with Crippen LogP contribution in [0, 0.1) is 0 Å². The van der Waals surface area contributed by atoms with Gasteiger partial charge >= 0.3 is 42.1 Å². The van der Waals surface area contributed by atoms with Gasteiger partial charge in [0.05, 0.1) is 0 Å². The van der Waals surface area contributed by atoms with Gasteiger partial charge < -0.3 is 0 Å². The zero-order valence-electron chi connectivity index (χ0n) is 2.38. The molecule has 0 rings (SSSR count). The first-order chi connectivity index (χ1) is 2.73. The molecular weight excluding hydrogens is 256 g/mol. The Hall–Kier alpha value is 1.59. The molecule has 0 unspecified atom stereocenters. The zero-order valence-corrected chi connectivity index (χ0v) is 7.28. The van der Waals surface area contributed by atoms with Crippen LogP contribution in [0.25, 0.3) is 0 Å². The molecule has 6 heteroatoms. The maximum absolute atomic E-state index is 8.06. The Morgan fingerprint density at radius 3 is 1.17 bits per heavy atom. The first kappa shape index (κ1) is 10.6. The quantitative estimate of drug-likeness (QED) is 0.481. The molecular formula is HCl3OPRh. The first-order valence-corrected chi connectivity index (χ1v) is 7.32. The van der Waals surface area contributed by atoms with Gasteiger partial charge in [-0.3, -0.25) is 4.57 Å². The average Bonchev–Trinajstić information content (AvgIpc) is 1.41. The fraction of sp³-hybridized carbons (Fsp3) is 0. The summed E-state index contributed by atoms with van der Waals surface area (Å²) in [6.45, 7) is 0. The third-order valence-corrected chi connectivity index (χ3v) is 0. The van der Waals surface area contributed by atoms with Crippen molar-refractivity contribution in [2.45, 2.75) is 0 Å². The third kappa shape index (κ3) is 46.5. The van der Waals surface area contributed by atoms with E-state index in [1.807, 2.05) is 0 Å². The molecule has 6 heavy (non-hydrogen) atoms. The van der Waals surface area contributed by atoms with Gasteiger partial charge in [-0.1, -0.05) is 0 Å². The van der Waals surface area contributed by atoms with E-state index in [1.54, 1.807) is 9.12 Å². The van der Waals surface area contributed by atoms with Crippen molar-refractivity contribution in [1.29, 1.82) is 0 Å². The van der Waals surface area contributed by atoms with Crippen LogP contribution in [-0.2, 0) is 17.5 Å². The van der Waals surface area contributed by atoms with E-state index in [0.29, 0.717) is 0 Å². The van der Waals surface area contributed by atoms with Gasteiger partial charge in [0.1, 0.15) is 9.12 Å². The van der Waals surface area contributed by atoms with Gasteiger partial charge in [0, 0.05) is 0 Å². The topological polar surface area (TPSA) is 17.1 Å². The van der Waals surface area contributed by atoms with Crippen LogP contribution >= 0.6 is 38.2 Å².